The second-order valence-corrected chi connectivity index (χ2v) is 6.73. The molecule has 2 bridgehead atoms. The molecule has 0 spiro atoms. The minimum atomic E-state index is -0.166. The molecule has 1 aromatic carbocycles. The third-order valence-electron chi connectivity index (χ3n) is 5.31. The first kappa shape index (κ1) is 13.6. The van der Waals surface area contributed by atoms with Gasteiger partial charge in [-0.3, -0.25) is 0 Å². The van der Waals surface area contributed by atoms with Crippen LogP contribution in [0.15, 0.2) is 30.3 Å². The van der Waals surface area contributed by atoms with Crippen molar-refractivity contribution in [3.63, 3.8) is 0 Å². The Hall–Kier alpha value is -1.35. The molecule has 0 aliphatic carbocycles. The number of hydrogen-bond acceptors (Lipinski definition) is 2. The first-order valence-electron chi connectivity index (χ1n) is 7.66. The van der Waals surface area contributed by atoms with Gasteiger partial charge >= 0.3 is 5.97 Å². The van der Waals surface area contributed by atoms with Gasteiger partial charge in [0.05, 0.1) is 31.7 Å². The lowest BCUT2D eigenvalue weighted by atomic mass is 9.81. The Morgan fingerprint density at radius 3 is 2.30 bits per heavy atom. The van der Waals surface area contributed by atoms with Crippen LogP contribution >= 0.6 is 0 Å². The summed E-state index contributed by atoms with van der Waals surface area (Å²) in [5.74, 6) is -0.166. The highest BCUT2D eigenvalue weighted by Crippen LogP contribution is 2.38. The van der Waals surface area contributed by atoms with Crippen LogP contribution in [0.25, 0.3) is 0 Å². The molecular formula is C17H24NO2+. The Labute approximate surface area is 121 Å². The third-order valence-corrected chi connectivity index (χ3v) is 5.31. The lowest BCUT2D eigenvalue weighted by Crippen LogP contribution is -2.63. The van der Waals surface area contributed by atoms with E-state index in [4.69, 9.17) is 4.74 Å². The van der Waals surface area contributed by atoms with Crippen LogP contribution in [0.3, 0.4) is 0 Å². The van der Waals surface area contributed by atoms with Gasteiger partial charge in [-0.2, -0.15) is 0 Å². The molecule has 2 heterocycles. The van der Waals surface area contributed by atoms with Gasteiger partial charge in [-0.15, -0.1) is 0 Å². The number of fused-ring (bicyclic) bond motifs is 2. The van der Waals surface area contributed by atoms with Crippen LogP contribution in [0.5, 0.6) is 0 Å². The van der Waals surface area contributed by atoms with E-state index in [-0.39, 0.29) is 12.1 Å². The van der Waals surface area contributed by atoms with Crippen molar-refractivity contribution in [1.29, 1.82) is 0 Å². The summed E-state index contributed by atoms with van der Waals surface area (Å²) in [6, 6.07) is 10.6. The smallest absolute Gasteiger partial charge is 0.338 e. The number of carbonyl (C=O) groups is 1. The molecule has 0 amide bonds. The second-order valence-electron chi connectivity index (χ2n) is 6.73. The van der Waals surface area contributed by atoms with Crippen molar-refractivity contribution in [3.8, 4) is 0 Å². The molecule has 3 heteroatoms. The SMILES string of the molecule is C[N+]1(C)[C@@H]2CCC[C@@H]1CC(OC(=O)c1ccccc1)C2. The van der Waals surface area contributed by atoms with Crippen molar-refractivity contribution in [3.05, 3.63) is 35.9 Å². The maximum Gasteiger partial charge on any atom is 0.338 e. The van der Waals surface area contributed by atoms with Gasteiger partial charge in [-0.05, 0) is 31.4 Å². The zero-order valence-corrected chi connectivity index (χ0v) is 12.4. The standard InChI is InChI=1S/C17H24NO2/c1-18(2)14-9-6-10-15(18)12-16(11-14)20-17(19)13-7-4-3-5-8-13/h3-5,7-8,14-16H,6,9-12H2,1-2H3/q+1/t14-,15-/m1/s1. The molecule has 0 unspecified atom stereocenters. The summed E-state index contributed by atoms with van der Waals surface area (Å²) in [6.07, 6.45) is 6.00. The van der Waals surface area contributed by atoms with Crippen LogP contribution in [0, 0.1) is 0 Å². The van der Waals surface area contributed by atoms with E-state index in [1.165, 1.54) is 19.3 Å². The highest BCUT2D eigenvalue weighted by molar-refractivity contribution is 5.89. The maximum atomic E-state index is 12.2. The zero-order chi connectivity index (χ0) is 14.2. The minimum Gasteiger partial charge on any atom is -0.458 e. The van der Waals surface area contributed by atoms with Gasteiger partial charge < -0.3 is 9.22 Å². The molecule has 2 atom stereocenters. The van der Waals surface area contributed by atoms with Crippen molar-refractivity contribution in [1.82, 2.24) is 0 Å². The van der Waals surface area contributed by atoms with Crippen LogP contribution < -0.4 is 0 Å². The average Bonchev–Trinajstić information content (AvgIpc) is 2.40. The van der Waals surface area contributed by atoms with Crippen LogP contribution in [-0.4, -0.2) is 42.7 Å². The molecule has 1 aromatic rings. The van der Waals surface area contributed by atoms with Crippen LogP contribution in [0.4, 0.5) is 0 Å². The van der Waals surface area contributed by atoms with Gasteiger partial charge in [-0.25, -0.2) is 4.79 Å². The molecule has 3 nitrogen and oxygen atoms in total. The number of benzene rings is 1. The minimum absolute atomic E-state index is 0.101. The monoisotopic (exact) mass is 274 g/mol. The summed E-state index contributed by atoms with van der Waals surface area (Å²) < 4.78 is 6.87. The average molecular weight is 274 g/mol. The van der Waals surface area contributed by atoms with Gasteiger partial charge in [0.1, 0.15) is 6.10 Å². The molecular weight excluding hydrogens is 250 g/mol. The first-order chi connectivity index (χ1) is 9.57. The number of ether oxygens (including phenoxy) is 1. The van der Waals surface area contributed by atoms with Crippen LogP contribution in [0.1, 0.15) is 42.5 Å². The van der Waals surface area contributed by atoms with E-state index >= 15 is 0 Å². The van der Waals surface area contributed by atoms with Crippen molar-refractivity contribution in [2.24, 2.45) is 0 Å². The molecule has 0 N–H and O–H groups in total. The van der Waals surface area contributed by atoms with Gasteiger partial charge in [0, 0.05) is 12.8 Å². The number of piperidine rings is 2. The Bertz CT molecular complexity index is 467. The summed E-state index contributed by atoms with van der Waals surface area (Å²) in [5.41, 5.74) is 0.664. The van der Waals surface area contributed by atoms with Gasteiger partial charge in [0.25, 0.3) is 0 Å². The van der Waals surface area contributed by atoms with Gasteiger partial charge in [0.2, 0.25) is 0 Å². The Morgan fingerprint density at radius 1 is 1.10 bits per heavy atom. The number of rotatable bonds is 2. The Balaban J connectivity index is 1.67. The molecule has 108 valence electrons. The number of hydrogen-bond donors (Lipinski definition) is 0. The number of carbonyl (C=O) groups excluding carboxylic acids is 1. The highest BCUT2D eigenvalue weighted by atomic mass is 16.5. The first-order valence-corrected chi connectivity index (χ1v) is 7.66. The molecule has 2 aliphatic rings. The summed E-state index contributed by atoms with van der Waals surface area (Å²) in [6.45, 7) is 0. The fourth-order valence-corrected chi connectivity index (χ4v) is 3.92. The van der Waals surface area contributed by atoms with Crippen molar-refractivity contribution in [2.45, 2.75) is 50.3 Å². The quantitative estimate of drug-likeness (QED) is 0.612. The Kier molecular flexibility index (Phi) is 3.55. The Morgan fingerprint density at radius 2 is 1.70 bits per heavy atom. The fraction of sp³-hybridized carbons (Fsp3) is 0.588. The second kappa shape index (κ2) is 5.21. The molecule has 2 aliphatic heterocycles. The van der Waals surface area contributed by atoms with Crippen molar-refractivity contribution < 1.29 is 14.0 Å². The molecule has 0 saturated carbocycles. The third kappa shape index (κ3) is 2.47. The van der Waals surface area contributed by atoms with E-state index < -0.39 is 0 Å². The van der Waals surface area contributed by atoms with E-state index in [2.05, 4.69) is 14.1 Å². The fourth-order valence-electron chi connectivity index (χ4n) is 3.92. The summed E-state index contributed by atoms with van der Waals surface area (Å²) in [5, 5.41) is 0. The predicted octanol–water partition coefficient (Wildman–Crippen LogP) is 3.00. The van der Waals surface area contributed by atoms with E-state index in [0.717, 1.165) is 17.3 Å². The maximum absolute atomic E-state index is 12.2. The lowest BCUT2D eigenvalue weighted by Gasteiger charge is -2.52. The van der Waals surface area contributed by atoms with Crippen LogP contribution in [0.2, 0.25) is 0 Å². The van der Waals surface area contributed by atoms with Crippen LogP contribution in [-0.2, 0) is 4.74 Å². The van der Waals surface area contributed by atoms with Gasteiger partial charge in [0.15, 0.2) is 0 Å². The number of esters is 1. The van der Waals surface area contributed by atoms with E-state index in [9.17, 15) is 4.79 Å². The molecule has 0 radical (unpaired) electrons. The largest absolute Gasteiger partial charge is 0.458 e. The number of quaternary nitrogens is 1. The lowest BCUT2D eigenvalue weighted by molar-refractivity contribution is -0.950. The van der Waals surface area contributed by atoms with Crippen molar-refractivity contribution in [2.75, 3.05) is 14.1 Å². The molecule has 2 saturated heterocycles. The molecule has 0 aromatic heterocycles. The summed E-state index contributed by atoms with van der Waals surface area (Å²) in [4.78, 5) is 12.2. The summed E-state index contributed by atoms with van der Waals surface area (Å²) >= 11 is 0. The van der Waals surface area contributed by atoms with Crippen molar-refractivity contribution >= 4 is 5.97 Å². The molecule has 3 rings (SSSR count). The van der Waals surface area contributed by atoms with E-state index in [1.807, 2.05) is 30.3 Å². The van der Waals surface area contributed by atoms with E-state index in [0.29, 0.717) is 17.6 Å². The summed E-state index contributed by atoms with van der Waals surface area (Å²) in [7, 11) is 4.67. The number of nitrogens with zero attached hydrogens (tertiary/aromatic N) is 1. The topological polar surface area (TPSA) is 26.3 Å². The normalized spacial score (nSPS) is 31.6. The molecule has 2 fully saturated rings. The highest BCUT2D eigenvalue weighted by Gasteiger charge is 2.47. The predicted molar refractivity (Wildman–Crippen MR) is 78.4 cm³/mol. The zero-order valence-electron chi connectivity index (χ0n) is 12.4. The van der Waals surface area contributed by atoms with E-state index in [1.54, 1.807) is 0 Å². The molecule has 20 heavy (non-hydrogen) atoms. The van der Waals surface area contributed by atoms with Gasteiger partial charge in [-0.1, -0.05) is 18.2 Å².